The lowest BCUT2D eigenvalue weighted by molar-refractivity contribution is 0.0959. The highest BCUT2D eigenvalue weighted by atomic mass is 19.1. The second-order valence-corrected chi connectivity index (χ2v) is 2.83. The van der Waals surface area contributed by atoms with Gasteiger partial charge in [-0.15, -0.1) is 0 Å². The van der Waals surface area contributed by atoms with E-state index in [1.54, 1.807) is 0 Å². The smallest absolute Gasteiger partial charge is 0.251 e. The van der Waals surface area contributed by atoms with Gasteiger partial charge in [0.15, 0.2) is 5.78 Å². The molecule has 0 aromatic heterocycles. The predicted molar refractivity (Wildman–Crippen MR) is 49.8 cm³/mol. The van der Waals surface area contributed by atoms with Crippen LogP contribution >= 0.6 is 0 Å². The van der Waals surface area contributed by atoms with Gasteiger partial charge in [0.1, 0.15) is 5.82 Å². The number of nitrogens with one attached hydrogen (secondary N) is 1. The van der Waals surface area contributed by atoms with E-state index in [9.17, 15) is 14.0 Å². The normalized spacial score (nSPS) is 9.64. The molecule has 1 rings (SSSR count). The zero-order chi connectivity index (χ0) is 10.7. The minimum absolute atomic E-state index is 0.00217. The third kappa shape index (κ3) is 1.96. The maximum Gasteiger partial charge on any atom is 0.251 e. The van der Waals surface area contributed by atoms with Crippen molar-refractivity contribution in [3.05, 3.63) is 35.1 Å². The molecule has 0 bridgehead atoms. The molecule has 0 unspecified atom stereocenters. The Hall–Kier alpha value is -1.71. The first kappa shape index (κ1) is 10.4. The first-order valence-electron chi connectivity index (χ1n) is 4.09. The number of carbonyl (C=O) groups excluding carboxylic acids is 2. The topological polar surface area (TPSA) is 46.2 Å². The molecule has 0 fully saturated rings. The SMILES string of the molecule is CNC(=O)c1ccc(C(C)=O)c(F)c1. The molecular formula is C10H10FNO2. The molecule has 4 heteroatoms. The number of rotatable bonds is 2. The van der Waals surface area contributed by atoms with Crippen molar-refractivity contribution in [2.45, 2.75) is 6.92 Å². The van der Waals surface area contributed by atoms with Crippen LogP contribution in [0.5, 0.6) is 0 Å². The lowest BCUT2D eigenvalue weighted by Crippen LogP contribution is -2.18. The van der Waals surface area contributed by atoms with E-state index in [4.69, 9.17) is 0 Å². The molecule has 0 aliphatic heterocycles. The highest BCUT2D eigenvalue weighted by Crippen LogP contribution is 2.10. The molecule has 1 N–H and O–H groups in total. The minimum atomic E-state index is -0.668. The largest absolute Gasteiger partial charge is 0.355 e. The summed E-state index contributed by atoms with van der Waals surface area (Å²) in [5.41, 5.74) is 0.202. The average molecular weight is 195 g/mol. The third-order valence-corrected chi connectivity index (χ3v) is 1.84. The summed E-state index contributed by atoms with van der Waals surface area (Å²) in [5.74, 6) is -1.40. The fourth-order valence-corrected chi connectivity index (χ4v) is 1.09. The molecule has 0 saturated carbocycles. The molecule has 0 radical (unpaired) electrons. The first-order chi connectivity index (χ1) is 6.56. The molecule has 0 saturated heterocycles. The summed E-state index contributed by atoms with van der Waals surface area (Å²) in [7, 11) is 1.46. The minimum Gasteiger partial charge on any atom is -0.355 e. The van der Waals surface area contributed by atoms with E-state index < -0.39 is 5.82 Å². The summed E-state index contributed by atoms with van der Waals surface area (Å²) in [4.78, 5) is 22.0. The Morgan fingerprint density at radius 3 is 2.43 bits per heavy atom. The van der Waals surface area contributed by atoms with Crippen LogP contribution in [0.3, 0.4) is 0 Å². The third-order valence-electron chi connectivity index (χ3n) is 1.84. The number of hydrogen-bond donors (Lipinski definition) is 1. The molecule has 1 aromatic rings. The molecule has 14 heavy (non-hydrogen) atoms. The van der Waals surface area contributed by atoms with Crippen molar-refractivity contribution in [2.75, 3.05) is 7.05 Å². The summed E-state index contributed by atoms with van der Waals surface area (Å²) in [6.07, 6.45) is 0. The van der Waals surface area contributed by atoms with Crippen LogP contribution < -0.4 is 5.32 Å². The van der Waals surface area contributed by atoms with Crippen molar-refractivity contribution in [1.29, 1.82) is 0 Å². The molecule has 0 atom stereocenters. The van der Waals surface area contributed by atoms with E-state index in [0.29, 0.717) is 0 Å². The second-order valence-electron chi connectivity index (χ2n) is 2.83. The number of halogens is 1. The Morgan fingerprint density at radius 1 is 1.36 bits per heavy atom. The molecule has 0 spiro atoms. The van der Waals surface area contributed by atoms with E-state index in [1.807, 2.05) is 0 Å². The van der Waals surface area contributed by atoms with Crippen molar-refractivity contribution >= 4 is 11.7 Å². The standard InChI is InChI=1S/C10H10FNO2/c1-6(13)8-4-3-7(5-9(8)11)10(14)12-2/h3-5H,1-2H3,(H,12,14). The molecule has 1 amide bonds. The second kappa shape index (κ2) is 4.00. The summed E-state index contributed by atoms with van der Waals surface area (Å²) in [5, 5.41) is 2.37. The lowest BCUT2D eigenvalue weighted by atomic mass is 10.1. The lowest BCUT2D eigenvalue weighted by Gasteiger charge is -2.02. The van der Waals surface area contributed by atoms with Gasteiger partial charge in [0, 0.05) is 12.6 Å². The van der Waals surface area contributed by atoms with Gasteiger partial charge >= 0.3 is 0 Å². The Morgan fingerprint density at radius 2 is 2.00 bits per heavy atom. The van der Waals surface area contributed by atoms with Gasteiger partial charge in [0.2, 0.25) is 0 Å². The average Bonchev–Trinajstić information content (AvgIpc) is 2.15. The van der Waals surface area contributed by atoms with Crippen molar-refractivity contribution < 1.29 is 14.0 Å². The van der Waals surface area contributed by atoms with Crippen molar-refractivity contribution in [3.63, 3.8) is 0 Å². The zero-order valence-corrected chi connectivity index (χ0v) is 7.93. The number of carbonyl (C=O) groups is 2. The van der Waals surface area contributed by atoms with E-state index in [2.05, 4.69) is 5.32 Å². The van der Waals surface area contributed by atoms with Crippen LogP contribution in [0.25, 0.3) is 0 Å². The fraction of sp³-hybridized carbons (Fsp3) is 0.200. The van der Waals surface area contributed by atoms with Gasteiger partial charge in [-0.3, -0.25) is 9.59 Å². The van der Waals surface area contributed by atoms with Crippen molar-refractivity contribution in [1.82, 2.24) is 5.32 Å². The molecule has 74 valence electrons. The van der Waals surface area contributed by atoms with Gasteiger partial charge in [0.05, 0.1) is 5.56 Å². The molecule has 0 aliphatic rings. The Bertz CT molecular complexity index is 388. The van der Waals surface area contributed by atoms with Crippen LogP contribution in [0.15, 0.2) is 18.2 Å². The molecule has 0 aliphatic carbocycles. The van der Waals surface area contributed by atoms with Crippen LogP contribution in [0.4, 0.5) is 4.39 Å². The van der Waals surface area contributed by atoms with Crippen LogP contribution in [0, 0.1) is 5.82 Å². The maximum atomic E-state index is 13.2. The van der Waals surface area contributed by atoms with Gasteiger partial charge in [-0.05, 0) is 25.1 Å². The van der Waals surface area contributed by atoms with E-state index in [-0.39, 0.29) is 22.8 Å². The van der Waals surface area contributed by atoms with Crippen molar-refractivity contribution in [3.8, 4) is 0 Å². The van der Waals surface area contributed by atoms with Gasteiger partial charge in [0.25, 0.3) is 5.91 Å². The summed E-state index contributed by atoms with van der Waals surface area (Å²) < 4.78 is 13.2. The Kier molecular flexibility index (Phi) is 2.96. The van der Waals surface area contributed by atoms with Gasteiger partial charge < -0.3 is 5.32 Å². The number of ketones is 1. The predicted octanol–water partition coefficient (Wildman–Crippen LogP) is 1.39. The quantitative estimate of drug-likeness (QED) is 0.725. The van der Waals surface area contributed by atoms with Gasteiger partial charge in [-0.25, -0.2) is 4.39 Å². The van der Waals surface area contributed by atoms with E-state index in [1.165, 1.54) is 26.1 Å². The number of Topliss-reactive ketones (excluding diaryl/α,β-unsaturated/α-hetero) is 1. The summed E-state index contributed by atoms with van der Waals surface area (Å²) >= 11 is 0. The van der Waals surface area contributed by atoms with Crippen molar-refractivity contribution in [2.24, 2.45) is 0 Å². The summed E-state index contributed by atoms with van der Waals surface area (Å²) in [6, 6.07) is 3.77. The van der Waals surface area contributed by atoms with Crippen LogP contribution in [-0.2, 0) is 0 Å². The zero-order valence-electron chi connectivity index (χ0n) is 7.93. The first-order valence-corrected chi connectivity index (χ1v) is 4.09. The molecule has 0 heterocycles. The van der Waals surface area contributed by atoms with Gasteiger partial charge in [-0.2, -0.15) is 0 Å². The van der Waals surface area contributed by atoms with Crippen LogP contribution in [0.1, 0.15) is 27.6 Å². The van der Waals surface area contributed by atoms with Crippen LogP contribution in [0.2, 0.25) is 0 Å². The van der Waals surface area contributed by atoms with Crippen LogP contribution in [-0.4, -0.2) is 18.7 Å². The molecule has 3 nitrogen and oxygen atoms in total. The van der Waals surface area contributed by atoms with Gasteiger partial charge in [-0.1, -0.05) is 0 Å². The van der Waals surface area contributed by atoms with E-state index >= 15 is 0 Å². The highest BCUT2D eigenvalue weighted by Gasteiger charge is 2.10. The molecular weight excluding hydrogens is 185 g/mol. The number of amides is 1. The van der Waals surface area contributed by atoms with E-state index in [0.717, 1.165) is 6.07 Å². The monoisotopic (exact) mass is 195 g/mol. The fourth-order valence-electron chi connectivity index (χ4n) is 1.09. The Balaban J connectivity index is 3.12. The molecule has 1 aromatic carbocycles. The highest BCUT2D eigenvalue weighted by molar-refractivity contribution is 5.97. The number of benzene rings is 1. The maximum absolute atomic E-state index is 13.2. The number of hydrogen-bond acceptors (Lipinski definition) is 2. The summed E-state index contributed by atoms with van der Waals surface area (Å²) in [6.45, 7) is 1.28. The Labute approximate surface area is 80.9 Å².